The molecule has 0 unspecified atom stereocenters. The van der Waals surface area contributed by atoms with Crippen LogP contribution in [0, 0.1) is 0 Å². The molecule has 1 saturated heterocycles. The first-order valence-electron chi connectivity index (χ1n) is 8.56. The van der Waals surface area contributed by atoms with Gasteiger partial charge in [-0.2, -0.15) is 0 Å². The Bertz CT molecular complexity index is 840. The van der Waals surface area contributed by atoms with Crippen LogP contribution in [0.5, 0.6) is 0 Å². The van der Waals surface area contributed by atoms with Crippen molar-refractivity contribution in [2.45, 2.75) is 31.8 Å². The number of rotatable bonds is 3. The number of hydrogen-bond acceptors (Lipinski definition) is 2. The zero-order chi connectivity index (χ0) is 16.4. The molecule has 0 aliphatic carbocycles. The van der Waals surface area contributed by atoms with Gasteiger partial charge in [0.25, 0.3) is 0 Å². The molecule has 4 rings (SSSR count). The summed E-state index contributed by atoms with van der Waals surface area (Å²) in [5, 5.41) is 1.17. The molecule has 122 valence electrons. The molecular weight excluding hydrogens is 298 g/mol. The number of benzene rings is 1. The van der Waals surface area contributed by atoms with E-state index in [-0.39, 0.29) is 11.9 Å². The molecule has 3 heterocycles. The second kappa shape index (κ2) is 6.48. The number of carbonyl (C=O) groups is 1. The van der Waals surface area contributed by atoms with Gasteiger partial charge in [-0.15, -0.1) is 0 Å². The Labute approximate surface area is 141 Å². The molecule has 4 heteroatoms. The Kier molecular flexibility index (Phi) is 4.03. The highest BCUT2D eigenvalue weighted by Crippen LogP contribution is 2.30. The summed E-state index contributed by atoms with van der Waals surface area (Å²) in [6.07, 6.45) is 8.94. The van der Waals surface area contributed by atoms with Gasteiger partial charge in [0, 0.05) is 30.7 Å². The van der Waals surface area contributed by atoms with E-state index < -0.39 is 0 Å². The van der Waals surface area contributed by atoms with Crippen LogP contribution in [0.4, 0.5) is 0 Å². The maximum Gasteiger partial charge on any atom is 0.243 e. The first kappa shape index (κ1) is 14.9. The molecule has 1 fully saturated rings. The number of hydrogen-bond donors (Lipinski definition) is 0. The number of piperidine rings is 1. The number of likely N-dealkylation sites (tertiary alicyclic amines) is 1. The van der Waals surface area contributed by atoms with Gasteiger partial charge in [0.15, 0.2) is 0 Å². The molecule has 0 spiro atoms. The minimum atomic E-state index is 0.154. The van der Waals surface area contributed by atoms with Crippen LogP contribution in [-0.2, 0) is 11.3 Å². The fourth-order valence-electron chi connectivity index (χ4n) is 3.66. The Hall–Kier alpha value is -2.62. The van der Waals surface area contributed by atoms with E-state index in [0.717, 1.165) is 36.9 Å². The first-order valence-corrected chi connectivity index (χ1v) is 8.56. The van der Waals surface area contributed by atoms with Gasteiger partial charge in [-0.3, -0.25) is 9.78 Å². The second-order valence-electron chi connectivity index (χ2n) is 6.39. The molecule has 0 N–H and O–H groups in total. The summed E-state index contributed by atoms with van der Waals surface area (Å²) in [6, 6.07) is 14.4. The molecule has 0 radical (unpaired) electrons. The first-order chi connectivity index (χ1) is 11.8. The van der Waals surface area contributed by atoms with Crippen LogP contribution in [0.2, 0.25) is 0 Å². The van der Waals surface area contributed by atoms with Crippen molar-refractivity contribution < 1.29 is 4.79 Å². The van der Waals surface area contributed by atoms with Crippen molar-refractivity contribution in [1.82, 2.24) is 14.5 Å². The van der Waals surface area contributed by atoms with Crippen LogP contribution in [-0.4, -0.2) is 26.9 Å². The highest BCUT2D eigenvalue weighted by atomic mass is 16.2. The Balaban J connectivity index is 1.58. The maximum atomic E-state index is 13.0. The standard InChI is InChI=1S/C20H21N3O/c24-20(15-22-13-10-16-6-1-2-8-18(16)22)23-12-4-3-9-19(23)17-7-5-11-21-14-17/h1-2,5-8,10-11,13-14,19H,3-4,9,12,15H2/t19-/m0/s1. The Morgan fingerprint density at radius 3 is 2.92 bits per heavy atom. The third-order valence-corrected chi connectivity index (χ3v) is 4.88. The van der Waals surface area contributed by atoms with Gasteiger partial charge in [-0.25, -0.2) is 0 Å². The molecule has 1 aliphatic heterocycles. The lowest BCUT2D eigenvalue weighted by molar-refractivity contribution is -0.135. The molecule has 1 aromatic carbocycles. The minimum absolute atomic E-state index is 0.154. The van der Waals surface area contributed by atoms with Crippen molar-refractivity contribution in [3.8, 4) is 0 Å². The van der Waals surface area contributed by atoms with Gasteiger partial charge in [0.1, 0.15) is 6.54 Å². The zero-order valence-electron chi connectivity index (χ0n) is 13.6. The summed E-state index contributed by atoms with van der Waals surface area (Å²) in [7, 11) is 0. The van der Waals surface area contributed by atoms with Crippen LogP contribution >= 0.6 is 0 Å². The lowest BCUT2D eigenvalue weighted by Gasteiger charge is -2.36. The lowest BCUT2D eigenvalue weighted by atomic mass is 9.96. The third kappa shape index (κ3) is 2.80. The topological polar surface area (TPSA) is 38.1 Å². The molecule has 1 amide bonds. The predicted molar refractivity (Wildman–Crippen MR) is 94.5 cm³/mol. The Morgan fingerprint density at radius 2 is 2.04 bits per heavy atom. The van der Waals surface area contributed by atoms with Crippen LogP contribution in [0.25, 0.3) is 10.9 Å². The van der Waals surface area contributed by atoms with Crippen molar-refractivity contribution in [3.63, 3.8) is 0 Å². The van der Waals surface area contributed by atoms with E-state index in [1.807, 2.05) is 40.1 Å². The van der Waals surface area contributed by atoms with Crippen molar-refractivity contribution >= 4 is 16.8 Å². The fraction of sp³-hybridized carbons (Fsp3) is 0.300. The summed E-state index contributed by atoms with van der Waals surface area (Å²) in [5.41, 5.74) is 2.25. The number of pyridine rings is 1. The Morgan fingerprint density at radius 1 is 1.12 bits per heavy atom. The number of nitrogens with zero attached hydrogens (tertiary/aromatic N) is 3. The highest BCUT2D eigenvalue weighted by molar-refractivity contribution is 5.83. The summed E-state index contributed by atoms with van der Waals surface area (Å²) >= 11 is 0. The van der Waals surface area contributed by atoms with E-state index in [0.29, 0.717) is 6.54 Å². The molecule has 0 bridgehead atoms. The van der Waals surface area contributed by atoms with Crippen molar-refractivity contribution in [1.29, 1.82) is 0 Å². The number of carbonyl (C=O) groups excluding carboxylic acids is 1. The predicted octanol–water partition coefficient (Wildman–Crippen LogP) is 3.79. The van der Waals surface area contributed by atoms with E-state index in [4.69, 9.17) is 0 Å². The molecular formula is C20H21N3O. The molecule has 24 heavy (non-hydrogen) atoms. The average Bonchev–Trinajstić information content (AvgIpc) is 3.05. The van der Waals surface area contributed by atoms with Crippen LogP contribution in [0.1, 0.15) is 30.9 Å². The summed E-state index contributed by atoms with van der Waals surface area (Å²) in [4.78, 5) is 19.2. The van der Waals surface area contributed by atoms with E-state index >= 15 is 0 Å². The molecule has 4 nitrogen and oxygen atoms in total. The van der Waals surface area contributed by atoms with Crippen molar-refractivity contribution in [3.05, 3.63) is 66.6 Å². The van der Waals surface area contributed by atoms with E-state index in [1.54, 1.807) is 6.20 Å². The van der Waals surface area contributed by atoms with Gasteiger partial charge in [-0.1, -0.05) is 24.3 Å². The number of aromatic nitrogens is 2. The highest BCUT2D eigenvalue weighted by Gasteiger charge is 2.28. The minimum Gasteiger partial charge on any atom is -0.338 e. The summed E-state index contributed by atoms with van der Waals surface area (Å²) in [5.74, 6) is 0.185. The quantitative estimate of drug-likeness (QED) is 0.736. The molecule has 1 aliphatic rings. The molecule has 1 atom stereocenters. The fourth-order valence-corrected chi connectivity index (χ4v) is 3.66. The van der Waals surface area contributed by atoms with Gasteiger partial charge in [0.2, 0.25) is 5.91 Å². The van der Waals surface area contributed by atoms with Crippen LogP contribution < -0.4 is 0 Å². The number of para-hydroxylation sites is 1. The third-order valence-electron chi connectivity index (χ3n) is 4.88. The van der Waals surface area contributed by atoms with Gasteiger partial charge >= 0.3 is 0 Å². The number of fused-ring (bicyclic) bond motifs is 1. The van der Waals surface area contributed by atoms with Gasteiger partial charge in [0.05, 0.1) is 6.04 Å². The normalized spacial score (nSPS) is 18.0. The SMILES string of the molecule is O=C(Cn1ccc2ccccc21)N1CCCC[C@H]1c1cccnc1. The number of amides is 1. The van der Waals surface area contributed by atoms with E-state index in [9.17, 15) is 4.79 Å². The summed E-state index contributed by atoms with van der Waals surface area (Å²) < 4.78 is 2.05. The van der Waals surface area contributed by atoms with Crippen molar-refractivity contribution in [2.75, 3.05) is 6.54 Å². The van der Waals surface area contributed by atoms with E-state index in [1.165, 1.54) is 5.39 Å². The van der Waals surface area contributed by atoms with Gasteiger partial charge in [-0.05, 0) is 48.4 Å². The lowest BCUT2D eigenvalue weighted by Crippen LogP contribution is -2.40. The molecule has 0 saturated carbocycles. The summed E-state index contributed by atoms with van der Waals surface area (Å²) in [6.45, 7) is 1.22. The van der Waals surface area contributed by atoms with Crippen LogP contribution in [0.15, 0.2) is 61.1 Å². The molecule has 2 aromatic heterocycles. The smallest absolute Gasteiger partial charge is 0.243 e. The van der Waals surface area contributed by atoms with Gasteiger partial charge < -0.3 is 9.47 Å². The van der Waals surface area contributed by atoms with Crippen molar-refractivity contribution in [2.24, 2.45) is 0 Å². The van der Waals surface area contributed by atoms with Crippen LogP contribution in [0.3, 0.4) is 0 Å². The second-order valence-corrected chi connectivity index (χ2v) is 6.39. The molecule has 3 aromatic rings. The largest absolute Gasteiger partial charge is 0.338 e. The zero-order valence-corrected chi connectivity index (χ0v) is 13.6. The van der Waals surface area contributed by atoms with E-state index in [2.05, 4.69) is 29.2 Å². The monoisotopic (exact) mass is 319 g/mol. The maximum absolute atomic E-state index is 13.0. The average molecular weight is 319 g/mol.